The predicted octanol–water partition coefficient (Wildman–Crippen LogP) is 7.64. The van der Waals surface area contributed by atoms with Crippen LogP contribution in [0.1, 0.15) is 5.56 Å². The lowest BCUT2D eigenvalue weighted by atomic mass is 9.99. The molecule has 0 aliphatic heterocycles. The van der Waals surface area contributed by atoms with Gasteiger partial charge in [-0.05, 0) is 41.0 Å². The molecule has 0 N–H and O–H groups in total. The van der Waals surface area contributed by atoms with Crippen LogP contribution in [0, 0.1) is 11.6 Å². The summed E-state index contributed by atoms with van der Waals surface area (Å²) in [4.78, 5) is 0. The molecule has 4 aromatic rings. The van der Waals surface area contributed by atoms with Crippen LogP contribution in [0.4, 0.5) is 8.78 Å². The topological polar surface area (TPSA) is 9.23 Å². The maximum absolute atomic E-state index is 14.8. The van der Waals surface area contributed by atoms with E-state index < -0.39 is 11.6 Å². The molecule has 29 heavy (non-hydrogen) atoms. The van der Waals surface area contributed by atoms with Crippen molar-refractivity contribution in [2.45, 2.75) is 6.61 Å². The highest BCUT2D eigenvalue weighted by Crippen LogP contribution is 2.32. The highest BCUT2D eigenvalue weighted by Gasteiger charge is 2.16. The third-order valence-corrected chi connectivity index (χ3v) is 5.18. The molecule has 1 nitrogen and oxygen atoms in total. The molecule has 4 rings (SSSR count). The Hall–Kier alpha value is -2.98. The summed E-state index contributed by atoms with van der Waals surface area (Å²) < 4.78 is 36.1. The monoisotopic (exact) mass is 450 g/mol. The molecule has 0 unspecified atom stereocenters. The molecular weight excluding hydrogens is 434 g/mol. The minimum atomic E-state index is -0.858. The number of ether oxygens (including phenoxy) is 1. The summed E-state index contributed by atoms with van der Waals surface area (Å²) in [5, 5.41) is 0. The second-order valence-corrected chi connectivity index (χ2v) is 7.51. The van der Waals surface area contributed by atoms with Crippen LogP contribution in [0.5, 0.6) is 5.75 Å². The third-order valence-electron chi connectivity index (χ3n) is 4.65. The molecule has 0 aromatic heterocycles. The fraction of sp³-hybridized carbons (Fsp3) is 0.0400. The van der Waals surface area contributed by atoms with Gasteiger partial charge in [0, 0.05) is 15.6 Å². The van der Waals surface area contributed by atoms with E-state index in [4.69, 9.17) is 4.74 Å². The van der Waals surface area contributed by atoms with Crippen LogP contribution in [0.15, 0.2) is 95.5 Å². The van der Waals surface area contributed by atoms with Gasteiger partial charge >= 0.3 is 0 Å². The molecule has 0 bridgehead atoms. The average Bonchev–Trinajstić information content (AvgIpc) is 2.76. The van der Waals surface area contributed by atoms with E-state index in [0.717, 1.165) is 10.0 Å². The summed E-state index contributed by atoms with van der Waals surface area (Å²) in [6.45, 7) is 0.449. The minimum absolute atomic E-state index is 0.220. The van der Waals surface area contributed by atoms with Gasteiger partial charge in [-0.3, -0.25) is 0 Å². The van der Waals surface area contributed by atoms with E-state index in [1.165, 1.54) is 0 Å². The SMILES string of the molecule is Fc1c(-c2ccc(Br)cc2)ccc(-c2ccc(OCc3ccccc3)cc2)c1F. The first-order valence-electron chi connectivity index (χ1n) is 9.13. The standard InChI is InChI=1S/C25H17BrF2O/c26-20-10-6-18(7-11-20)22-14-15-23(25(28)24(22)27)19-8-12-21(13-9-19)29-16-17-4-2-1-3-5-17/h1-15H,16H2. The first-order valence-corrected chi connectivity index (χ1v) is 9.92. The van der Waals surface area contributed by atoms with Crippen molar-refractivity contribution in [3.05, 3.63) is 113 Å². The van der Waals surface area contributed by atoms with Gasteiger partial charge in [-0.2, -0.15) is 0 Å². The molecule has 4 heteroatoms. The van der Waals surface area contributed by atoms with Crippen LogP contribution in [-0.2, 0) is 6.61 Å². The molecule has 0 radical (unpaired) electrons. The number of hydrogen-bond donors (Lipinski definition) is 0. The Kier molecular flexibility index (Phi) is 5.72. The van der Waals surface area contributed by atoms with Crippen LogP contribution in [-0.4, -0.2) is 0 Å². The van der Waals surface area contributed by atoms with Crippen LogP contribution in [0.3, 0.4) is 0 Å². The van der Waals surface area contributed by atoms with Gasteiger partial charge in [0.1, 0.15) is 12.4 Å². The third kappa shape index (κ3) is 4.38. The molecular formula is C25H17BrF2O. The van der Waals surface area contributed by atoms with Crippen LogP contribution < -0.4 is 4.74 Å². The lowest BCUT2D eigenvalue weighted by molar-refractivity contribution is 0.306. The van der Waals surface area contributed by atoms with Crippen molar-refractivity contribution in [2.75, 3.05) is 0 Å². The maximum Gasteiger partial charge on any atom is 0.167 e. The molecule has 0 aliphatic carbocycles. The van der Waals surface area contributed by atoms with Crippen molar-refractivity contribution in [1.82, 2.24) is 0 Å². The van der Waals surface area contributed by atoms with Crippen molar-refractivity contribution in [2.24, 2.45) is 0 Å². The molecule has 0 saturated carbocycles. The van der Waals surface area contributed by atoms with Crippen molar-refractivity contribution in [3.63, 3.8) is 0 Å². The first kappa shape index (κ1) is 19.3. The van der Waals surface area contributed by atoms with Gasteiger partial charge in [-0.15, -0.1) is 0 Å². The molecule has 0 aliphatic rings. The Morgan fingerprint density at radius 1 is 0.621 bits per heavy atom. The summed E-state index contributed by atoms with van der Waals surface area (Å²) in [7, 11) is 0. The Labute approximate surface area is 176 Å². The lowest BCUT2D eigenvalue weighted by Crippen LogP contribution is -1.96. The van der Waals surface area contributed by atoms with E-state index in [1.54, 1.807) is 60.7 Å². The Morgan fingerprint density at radius 3 is 1.69 bits per heavy atom. The van der Waals surface area contributed by atoms with E-state index in [0.29, 0.717) is 23.5 Å². The molecule has 0 heterocycles. The smallest absolute Gasteiger partial charge is 0.167 e. The molecule has 4 aromatic carbocycles. The highest BCUT2D eigenvalue weighted by molar-refractivity contribution is 9.10. The zero-order valence-electron chi connectivity index (χ0n) is 15.4. The summed E-state index contributed by atoms with van der Waals surface area (Å²) in [6.07, 6.45) is 0. The van der Waals surface area contributed by atoms with Crippen molar-refractivity contribution >= 4 is 15.9 Å². The number of rotatable bonds is 5. The molecule has 0 atom stereocenters. The summed E-state index contributed by atoms with van der Waals surface area (Å²) in [5.41, 5.74) is 2.74. The van der Waals surface area contributed by atoms with Gasteiger partial charge in [0.2, 0.25) is 0 Å². The van der Waals surface area contributed by atoms with Crippen molar-refractivity contribution in [1.29, 1.82) is 0 Å². The molecule has 0 fully saturated rings. The Balaban J connectivity index is 1.55. The van der Waals surface area contributed by atoms with Crippen molar-refractivity contribution < 1.29 is 13.5 Å². The summed E-state index contributed by atoms with van der Waals surface area (Å²) >= 11 is 3.35. The Morgan fingerprint density at radius 2 is 1.14 bits per heavy atom. The first-order chi connectivity index (χ1) is 14.1. The predicted molar refractivity (Wildman–Crippen MR) is 116 cm³/mol. The van der Waals surface area contributed by atoms with E-state index in [-0.39, 0.29) is 11.1 Å². The zero-order valence-corrected chi connectivity index (χ0v) is 17.0. The molecule has 0 spiro atoms. The van der Waals surface area contributed by atoms with E-state index in [1.807, 2.05) is 30.3 Å². The van der Waals surface area contributed by atoms with Crippen LogP contribution in [0.25, 0.3) is 22.3 Å². The largest absolute Gasteiger partial charge is 0.489 e. The zero-order chi connectivity index (χ0) is 20.2. The van der Waals surface area contributed by atoms with Crippen molar-refractivity contribution in [3.8, 4) is 28.0 Å². The number of benzene rings is 4. The molecule has 0 saturated heterocycles. The Bertz CT molecular complexity index is 1110. The average molecular weight is 451 g/mol. The van der Waals surface area contributed by atoms with E-state index in [2.05, 4.69) is 15.9 Å². The fourth-order valence-corrected chi connectivity index (χ4v) is 3.36. The van der Waals surface area contributed by atoms with Gasteiger partial charge in [0.05, 0.1) is 0 Å². The fourth-order valence-electron chi connectivity index (χ4n) is 3.10. The highest BCUT2D eigenvalue weighted by atomic mass is 79.9. The van der Waals surface area contributed by atoms with E-state index >= 15 is 0 Å². The summed E-state index contributed by atoms with van der Waals surface area (Å²) in [5.74, 6) is -1.04. The minimum Gasteiger partial charge on any atom is -0.489 e. The van der Waals surface area contributed by atoms with Gasteiger partial charge in [-0.1, -0.05) is 82.7 Å². The normalized spacial score (nSPS) is 10.7. The number of halogens is 3. The molecule has 0 amide bonds. The van der Waals surface area contributed by atoms with Gasteiger partial charge < -0.3 is 4.74 Å². The quantitative estimate of drug-likeness (QED) is 0.303. The summed E-state index contributed by atoms with van der Waals surface area (Å²) in [6, 6.07) is 27.1. The second kappa shape index (κ2) is 8.58. The van der Waals surface area contributed by atoms with Gasteiger partial charge in [0.25, 0.3) is 0 Å². The molecule has 144 valence electrons. The second-order valence-electron chi connectivity index (χ2n) is 6.59. The number of hydrogen-bond acceptors (Lipinski definition) is 1. The van der Waals surface area contributed by atoms with Gasteiger partial charge in [0.15, 0.2) is 11.6 Å². The van der Waals surface area contributed by atoms with Gasteiger partial charge in [-0.25, -0.2) is 8.78 Å². The maximum atomic E-state index is 14.8. The lowest BCUT2D eigenvalue weighted by Gasteiger charge is -2.11. The van der Waals surface area contributed by atoms with Crippen LogP contribution >= 0.6 is 15.9 Å². The van der Waals surface area contributed by atoms with E-state index in [9.17, 15) is 8.78 Å². The van der Waals surface area contributed by atoms with Crippen LogP contribution in [0.2, 0.25) is 0 Å².